The summed E-state index contributed by atoms with van der Waals surface area (Å²) in [6, 6.07) is 0. The molecule has 2 heteroatoms. The molecule has 0 rings (SSSR count). The minimum Gasteiger partial charge on any atom is -0.513 e. The Morgan fingerprint density at radius 3 is 2.29 bits per heavy atom. The second kappa shape index (κ2) is 2.61. The molecule has 1 unspecified atom stereocenters. The third kappa shape index (κ3) is 5.47. The van der Waals surface area contributed by atoms with Gasteiger partial charge in [-0.2, -0.15) is 0 Å². The highest BCUT2D eigenvalue weighted by Gasteiger charge is 1.88. The molecule has 0 aromatic rings. The molecule has 0 heterocycles. The van der Waals surface area contributed by atoms with Crippen LogP contribution < -0.4 is 0 Å². The molecule has 0 aliphatic carbocycles. The topological polar surface area (TPSA) is 20.2 Å². The molecule has 0 saturated heterocycles. The van der Waals surface area contributed by atoms with E-state index in [1.165, 1.54) is 13.8 Å². The van der Waals surface area contributed by atoms with Gasteiger partial charge in [-0.25, -0.2) is 4.39 Å². The third-order valence-corrected chi connectivity index (χ3v) is 0.471. The van der Waals surface area contributed by atoms with E-state index in [9.17, 15) is 4.39 Å². The van der Waals surface area contributed by atoms with Crippen molar-refractivity contribution < 1.29 is 9.50 Å². The largest absolute Gasteiger partial charge is 0.513 e. The Labute approximate surface area is 42.5 Å². The highest BCUT2D eigenvalue weighted by molar-refractivity contribution is 4.89. The van der Waals surface area contributed by atoms with Crippen molar-refractivity contribution in [3.8, 4) is 0 Å². The fourth-order valence-electron chi connectivity index (χ4n) is 0.332. The van der Waals surface area contributed by atoms with Crippen molar-refractivity contribution in [1.29, 1.82) is 0 Å². The Morgan fingerprint density at radius 1 is 1.86 bits per heavy atom. The normalized spacial score (nSPS) is 16.7. The summed E-state index contributed by atoms with van der Waals surface area (Å²) in [7, 11) is 0. The molecule has 0 bridgehead atoms. The lowest BCUT2D eigenvalue weighted by atomic mass is 10.4. The lowest BCUT2D eigenvalue weighted by molar-refractivity contribution is 0.379. The van der Waals surface area contributed by atoms with Crippen LogP contribution >= 0.6 is 0 Å². The molecular formula is C5H9FO. The second-order valence-corrected chi connectivity index (χ2v) is 1.49. The van der Waals surface area contributed by atoms with Crippen LogP contribution in [0.5, 0.6) is 0 Å². The molecule has 1 N–H and O–H groups in total. The van der Waals surface area contributed by atoms with E-state index in [1.807, 2.05) is 0 Å². The summed E-state index contributed by atoms with van der Waals surface area (Å²) < 4.78 is 11.7. The van der Waals surface area contributed by atoms with E-state index in [2.05, 4.69) is 0 Å². The first-order valence-corrected chi connectivity index (χ1v) is 2.14. The van der Waals surface area contributed by atoms with Gasteiger partial charge in [0.1, 0.15) is 6.17 Å². The monoisotopic (exact) mass is 104 g/mol. The van der Waals surface area contributed by atoms with Gasteiger partial charge >= 0.3 is 0 Å². The first kappa shape index (κ1) is 6.47. The van der Waals surface area contributed by atoms with Gasteiger partial charge in [-0.1, -0.05) is 0 Å². The van der Waals surface area contributed by atoms with E-state index in [4.69, 9.17) is 5.11 Å². The van der Waals surface area contributed by atoms with Gasteiger partial charge in [0.05, 0.1) is 5.76 Å². The molecule has 0 radical (unpaired) electrons. The van der Waals surface area contributed by atoms with Crippen LogP contribution in [0, 0.1) is 0 Å². The number of aliphatic hydroxyl groups excluding tert-OH is 1. The lowest BCUT2D eigenvalue weighted by Crippen LogP contribution is -1.85. The maximum atomic E-state index is 11.7. The molecule has 0 aromatic carbocycles. The highest BCUT2D eigenvalue weighted by Crippen LogP contribution is 1.93. The van der Waals surface area contributed by atoms with Crippen molar-refractivity contribution in [2.75, 3.05) is 0 Å². The predicted octanol–water partition coefficient (Wildman–Crippen LogP) is 1.81. The van der Waals surface area contributed by atoms with Crippen LogP contribution in [-0.4, -0.2) is 11.3 Å². The van der Waals surface area contributed by atoms with Crippen molar-refractivity contribution in [3.63, 3.8) is 0 Å². The van der Waals surface area contributed by atoms with E-state index < -0.39 is 6.17 Å². The van der Waals surface area contributed by atoms with Gasteiger partial charge < -0.3 is 5.11 Å². The van der Waals surface area contributed by atoms with Crippen LogP contribution in [0.4, 0.5) is 4.39 Å². The van der Waals surface area contributed by atoms with Crippen molar-refractivity contribution >= 4 is 0 Å². The van der Waals surface area contributed by atoms with Gasteiger partial charge in [0.25, 0.3) is 0 Å². The third-order valence-electron chi connectivity index (χ3n) is 0.471. The minimum atomic E-state index is -1.04. The first-order valence-electron chi connectivity index (χ1n) is 2.14. The van der Waals surface area contributed by atoms with Crippen LogP contribution in [0.1, 0.15) is 13.8 Å². The smallest absolute Gasteiger partial charge is 0.119 e. The zero-order valence-corrected chi connectivity index (χ0v) is 4.48. The van der Waals surface area contributed by atoms with Gasteiger partial charge in [-0.15, -0.1) is 0 Å². The van der Waals surface area contributed by atoms with Crippen molar-refractivity contribution in [2.24, 2.45) is 0 Å². The number of aliphatic hydroxyl groups is 1. The number of alkyl halides is 1. The van der Waals surface area contributed by atoms with Crippen LogP contribution in [0.3, 0.4) is 0 Å². The van der Waals surface area contributed by atoms with Gasteiger partial charge in [0.15, 0.2) is 0 Å². The van der Waals surface area contributed by atoms with E-state index in [1.54, 1.807) is 0 Å². The second-order valence-electron chi connectivity index (χ2n) is 1.49. The zero-order valence-electron chi connectivity index (χ0n) is 4.48. The minimum absolute atomic E-state index is 0.0370. The summed E-state index contributed by atoms with van der Waals surface area (Å²) in [6.45, 7) is 2.80. The summed E-state index contributed by atoms with van der Waals surface area (Å²) >= 11 is 0. The highest BCUT2D eigenvalue weighted by atomic mass is 19.1. The van der Waals surface area contributed by atoms with E-state index >= 15 is 0 Å². The number of halogens is 1. The number of hydrogen-bond donors (Lipinski definition) is 1. The van der Waals surface area contributed by atoms with Crippen molar-refractivity contribution in [2.45, 2.75) is 20.0 Å². The maximum absolute atomic E-state index is 11.7. The fourth-order valence-corrected chi connectivity index (χ4v) is 0.332. The maximum Gasteiger partial charge on any atom is 0.119 e. The molecule has 0 aliphatic heterocycles. The standard InChI is InChI=1S/C5H9FO/c1-4(6)3-5(2)7/h3-4,7H,1-2H3. The number of rotatable bonds is 1. The lowest BCUT2D eigenvalue weighted by Gasteiger charge is -1.88. The summed E-state index contributed by atoms with van der Waals surface area (Å²) in [5, 5.41) is 8.34. The molecule has 0 saturated carbocycles. The average Bonchev–Trinajstić information content (AvgIpc) is 1.27. The summed E-state index contributed by atoms with van der Waals surface area (Å²) in [5.74, 6) is 0.0370. The van der Waals surface area contributed by atoms with E-state index in [-0.39, 0.29) is 5.76 Å². The molecular weight excluding hydrogens is 95.1 g/mol. The molecule has 0 fully saturated rings. The molecule has 42 valence electrons. The summed E-state index contributed by atoms with van der Waals surface area (Å²) in [6.07, 6.45) is 0.102. The Hall–Kier alpha value is -0.530. The first-order chi connectivity index (χ1) is 3.13. The van der Waals surface area contributed by atoms with Crippen LogP contribution in [-0.2, 0) is 0 Å². The SMILES string of the molecule is CC(O)=CC(C)F. The Morgan fingerprint density at radius 2 is 2.29 bits per heavy atom. The van der Waals surface area contributed by atoms with Gasteiger partial charge in [0, 0.05) is 0 Å². The summed E-state index contributed by atoms with van der Waals surface area (Å²) in [4.78, 5) is 0. The Balaban J connectivity index is 3.45. The Bertz CT molecular complexity index is 72.1. The van der Waals surface area contributed by atoms with Crippen LogP contribution in [0.25, 0.3) is 0 Å². The van der Waals surface area contributed by atoms with Gasteiger partial charge in [0.2, 0.25) is 0 Å². The number of allylic oxidation sites excluding steroid dienone is 2. The van der Waals surface area contributed by atoms with Gasteiger partial charge in [-0.05, 0) is 19.9 Å². The molecule has 0 aliphatic rings. The van der Waals surface area contributed by atoms with E-state index in [0.29, 0.717) is 0 Å². The molecule has 1 atom stereocenters. The molecule has 1 nitrogen and oxygen atoms in total. The summed E-state index contributed by atoms with van der Waals surface area (Å²) in [5.41, 5.74) is 0. The van der Waals surface area contributed by atoms with Crippen LogP contribution in [0.15, 0.2) is 11.8 Å². The zero-order chi connectivity index (χ0) is 5.86. The predicted molar refractivity (Wildman–Crippen MR) is 27.0 cm³/mol. The quantitative estimate of drug-likeness (QED) is 0.503. The van der Waals surface area contributed by atoms with Crippen molar-refractivity contribution in [3.05, 3.63) is 11.8 Å². The molecule has 0 amide bonds. The molecule has 7 heavy (non-hydrogen) atoms. The van der Waals surface area contributed by atoms with Crippen molar-refractivity contribution in [1.82, 2.24) is 0 Å². The molecule has 0 aromatic heterocycles. The van der Waals surface area contributed by atoms with Gasteiger partial charge in [-0.3, -0.25) is 0 Å². The molecule has 0 spiro atoms. The number of hydrogen-bond acceptors (Lipinski definition) is 1. The van der Waals surface area contributed by atoms with E-state index in [0.717, 1.165) is 6.08 Å². The van der Waals surface area contributed by atoms with Crippen LogP contribution in [0.2, 0.25) is 0 Å². The fraction of sp³-hybridized carbons (Fsp3) is 0.600. The average molecular weight is 104 g/mol. The Kier molecular flexibility index (Phi) is 2.41.